The molecule has 2 N–H and O–H groups in total. The van der Waals surface area contributed by atoms with Crippen molar-refractivity contribution < 1.29 is 9.18 Å². The summed E-state index contributed by atoms with van der Waals surface area (Å²) in [6.45, 7) is 5.75. The highest BCUT2D eigenvalue weighted by Gasteiger charge is 2.18. The maximum absolute atomic E-state index is 13.5. The smallest absolute Gasteiger partial charge is 0.222 e. The Hall–Kier alpha value is -1.76. The molecule has 0 aliphatic carbocycles. The molecule has 1 aliphatic heterocycles. The molecule has 0 atom stereocenters. The van der Waals surface area contributed by atoms with Crippen LogP contribution in [0.2, 0.25) is 0 Å². The molecule has 0 unspecified atom stereocenters. The van der Waals surface area contributed by atoms with Crippen LogP contribution in [0.1, 0.15) is 37.3 Å². The van der Waals surface area contributed by atoms with E-state index in [0.29, 0.717) is 13.0 Å². The van der Waals surface area contributed by atoms with Crippen molar-refractivity contribution in [2.45, 2.75) is 38.5 Å². The van der Waals surface area contributed by atoms with Gasteiger partial charge in [0.1, 0.15) is 5.82 Å². The van der Waals surface area contributed by atoms with E-state index in [1.54, 1.807) is 17.8 Å². The van der Waals surface area contributed by atoms with Gasteiger partial charge in [0.15, 0.2) is 5.96 Å². The summed E-state index contributed by atoms with van der Waals surface area (Å²) < 4.78 is 13.5. The summed E-state index contributed by atoms with van der Waals surface area (Å²) >= 11 is 1.67. The van der Waals surface area contributed by atoms with E-state index in [9.17, 15) is 9.18 Å². The molecule has 0 radical (unpaired) electrons. The predicted octanol–water partition coefficient (Wildman–Crippen LogP) is 2.76. The SMILES string of the molecule is CCNC(=NCc1ccc(F)cc1CSC)NCCCN1CCCC1=O. The van der Waals surface area contributed by atoms with Crippen LogP contribution in [-0.2, 0) is 17.1 Å². The van der Waals surface area contributed by atoms with Crippen molar-refractivity contribution in [3.63, 3.8) is 0 Å². The van der Waals surface area contributed by atoms with Crippen molar-refractivity contribution in [1.29, 1.82) is 0 Å². The standard InChI is InChI=1S/C19H29FN4OS/c1-3-21-19(22-9-5-11-24-10-4-6-18(24)25)23-13-15-7-8-17(20)12-16(15)14-26-2/h7-8,12H,3-6,9-11,13-14H2,1-2H3,(H2,21,22,23). The van der Waals surface area contributed by atoms with Crippen LogP contribution in [0.4, 0.5) is 4.39 Å². The maximum atomic E-state index is 13.5. The molecule has 1 aliphatic rings. The summed E-state index contributed by atoms with van der Waals surface area (Å²) in [5, 5.41) is 6.55. The van der Waals surface area contributed by atoms with E-state index >= 15 is 0 Å². The van der Waals surface area contributed by atoms with Crippen molar-refractivity contribution in [2.24, 2.45) is 4.99 Å². The molecule has 2 rings (SSSR count). The van der Waals surface area contributed by atoms with Crippen molar-refractivity contribution in [1.82, 2.24) is 15.5 Å². The van der Waals surface area contributed by atoms with Crippen LogP contribution in [0, 0.1) is 5.82 Å². The molecule has 1 fully saturated rings. The van der Waals surface area contributed by atoms with Crippen LogP contribution in [0.5, 0.6) is 0 Å². The molecule has 1 aromatic rings. The molecule has 0 spiro atoms. The van der Waals surface area contributed by atoms with Gasteiger partial charge in [-0.3, -0.25) is 4.79 Å². The van der Waals surface area contributed by atoms with E-state index in [0.717, 1.165) is 61.9 Å². The zero-order valence-electron chi connectivity index (χ0n) is 15.7. The first-order chi connectivity index (χ1) is 12.6. The summed E-state index contributed by atoms with van der Waals surface area (Å²) in [7, 11) is 0. The third-order valence-corrected chi connectivity index (χ3v) is 4.89. The third kappa shape index (κ3) is 6.52. The molecule has 1 heterocycles. The Morgan fingerprint density at radius 1 is 1.35 bits per heavy atom. The van der Waals surface area contributed by atoms with Gasteiger partial charge in [0, 0.05) is 38.4 Å². The van der Waals surface area contributed by atoms with Gasteiger partial charge < -0.3 is 15.5 Å². The monoisotopic (exact) mass is 380 g/mol. The number of hydrogen-bond donors (Lipinski definition) is 2. The second-order valence-corrected chi connectivity index (χ2v) is 7.17. The molecule has 5 nitrogen and oxygen atoms in total. The zero-order chi connectivity index (χ0) is 18.8. The molecule has 26 heavy (non-hydrogen) atoms. The number of nitrogens with zero attached hydrogens (tertiary/aromatic N) is 2. The Kier molecular flexibility index (Phi) is 8.74. The number of guanidine groups is 1. The number of hydrogen-bond acceptors (Lipinski definition) is 3. The largest absolute Gasteiger partial charge is 0.357 e. The Labute approximate surface area is 159 Å². The lowest BCUT2D eigenvalue weighted by atomic mass is 10.1. The average molecular weight is 381 g/mol. The number of carbonyl (C=O) groups is 1. The van der Waals surface area contributed by atoms with Gasteiger partial charge in [0.05, 0.1) is 6.54 Å². The first-order valence-electron chi connectivity index (χ1n) is 9.20. The second-order valence-electron chi connectivity index (χ2n) is 6.31. The van der Waals surface area contributed by atoms with Crippen LogP contribution >= 0.6 is 11.8 Å². The summed E-state index contributed by atoms with van der Waals surface area (Å²) in [6, 6.07) is 4.89. The van der Waals surface area contributed by atoms with Crippen molar-refractivity contribution in [3.8, 4) is 0 Å². The van der Waals surface area contributed by atoms with E-state index in [-0.39, 0.29) is 11.7 Å². The van der Waals surface area contributed by atoms with Crippen LogP contribution in [0.15, 0.2) is 23.2 Å². The minimum Gasteiger partial charge on any atom is -0.357 e. The van der Waals surface area contributed by atoms with E-state index < -0.39 is 0 Å². The van der Waals surface area contributed by atoms with E-state index in [4.69, 9.17) is 0 Å². The summed E-state index contributed by atoms with van der Waals surface area (Å²) in [5.74, 6) is 1.59. The highest BCUT2D eigenvalue weighted by atomic mass is 32.2. The second kappa shape index (κ2) is 11.1. The molecule has 0 aromatic heterocycles. The number of carbonyl (C=O) groups excluding carboxylic acids is 1. The number of likely N-dealkylation sites (tertiary alicyclic amines) is 1. The van der Waals surface area contributed by atoms with Gasteiger partial charge >= 0.3 is 0 Å². The number of halogens is 1. The lowest BCUT2D eigenvalue weighted by Crippen LogP contribution is -2.39. The summed E-state index contributed by atoms with van der Waals surface area (Å²) in [5.41, 5.74) is 2.03. The number of benzene rings is 1. The van der Waals surface area contributed by atoms with Gasteiger partial charge in [0.2, 0.25) is 5.91 Å². The normalized spacial score (nSPS) is 14.8. The van der Waals surface area contributed by atoms with E-state index in [1.165, 1.54) is 6.07 Å². The van der Waals surface area contributed by atoms with Gasteiger partial charge in [-0.15, -0.1) is 0 Å². The third-order valence-electron chi connectivity index (χ3n) is 4.29. The Morgan fingerprint density at radius 2 is 2.19 bits per heavy atom. The fourth-order valence-corrected chi connectivity index (χ4v) is 3.54. The van der Waals surface area contributed by atoms with Crippen LogP contribution in [-0.4, -0.2) is 49.2 Å². The van der Waals surface area contributed by atoms with Gasteiger partial charge in [0.25, 0.3) is 0 Å². The van der Waals surface area contributed by atoms with Crippen LogP contribution < -0.4 is 10.6 Å². The number of amides is 1. The molecular weight excluding hydrogens is 351 g/mol. The number of nitrogens with one attached hydrogen (secondary N) is 2. The first-order valence-corrected chi connectivity index (χ1v) is 10.6. The van der Waals surface area contributed by atoms with Crippen LogP contribution in [0.3, 0.4) is 0 Å². The Balaban J connectivity index is 1.86. The Morgan fingerprint density at radius 3 is 2.88 bits per heavy atom. The fourth-order valence-electron chi connectivity index (χ4n) is 2.96. The molecule has 144 valence electrons. The van der Waals surface area contributed by atoms with Crippen LogP contribution in [0.25, 0.3) is 0 Å². The van der Waals surface area contributed by atoms with Crippen molar-refractivity contribution in [2.75, 3.05) is 32.4 Å². The summed E-state index contributed by atoms with van der Waals surface area (Å²) in [4.78, 5) is 18.2. The Bertz CT molecular complexity index is 624. The van der Waals surface area contributed by atoms with Gasteiger partial charge in [-0.2, -0.15) is 11.8 Å². The topological polar surface area (TPSA) is 56.7 Å². The average Bonchev–Trinajstić information content (AvgIpc) is 3.03. The van der Waals surface area contributed by atoms with Gasteiger partial charge in [-0.05, 0) is 49.3 Å². The minimum absolute atomic E-state index is 0.205. The highest BCUT2D eigenvalue weighted by molar-refractivity contribution is 7.97. The van der Waals surface area contributed by atoms with E-state index in [2.05, 4.69) is 15.6 Å². The molecular formula is C19H29FN4OS. The lowest BCUT2D eigenvalue weighted by Gasteiger charge is -2.16. The fraction of sp³-hybridized carbons (Fsp3) is 0.579. The molecule has 0 saturated carbocycles. The van der Waals surface area contributed by atoms with E-state index in [1.807, 2.05) is 24.1 Å². The number of rotatable bonds is 9. The lowest BCUT2D eigenvalue weighted by molar-refractivity contribution is -0.127. The van der Waals surface area contributed by atoms with Gasteiger partial charge in [-0.25, -0.2) is 9.38 Å². The quantitative estimate of drug-likeness (QED) is 0.393. The minimum atomic E-state index is -0.205. The highest BCUT2D eigenvalue weighted by Crippen LogP contribution is 2.17. The molecule has 7 heteroatoms. The predicted molar refractivity (Wildman–Crippen MR) is 107 cm³/mol. The first kappa shape index (κ1) is 20.6. The molecule has 0 bridgehead atoms. The number of aliphatic imine (C=N–C) groups is 1. The molecule has 1 saturated heterocycles. The molecule has 1 aromatic carbocycles. The molecule has 1 amide bonds. The van der Waals surface area contributed by atoms with Crippen molar-refractivity contribution in [3.05, 3.63) is 35.1 Å². The summed E-state index contributed by atoms with van der Waals surface area (Å²) in [6.07, 6.45) is 4.57. The zero-order valence-corrected chi connectivity index (χ0v) is 16.5. The van der Waals surface area contributed by atoms with Gasteiger partial charge in [-0.1, -0.05) is 6.07 Å². The maximum Gasteiger partial charge on any atom is 0.222 e. The number of thioether (sulfide) groups is 1. The van der Waals surface area contributed by atoms with Crippen molar-refractivity contribution >= 4 is 23.6 Å².